The number of sulfonamides is 1. The molecular weight excluding hydrogens is 426 g/mol. The zero-order valence-corrected chi connectivity index (χ0v) is 18.4. The molecule has 164 valence electrons. The van der Waals surface area contributed by atoms with E-state index in [4.69, 9.17) is 4.52 Å². The molecule has 4 aromatic rings. The van der Waals surface area contributed by atoms with E-state index in [2.05, 4.69) is 24.7 Å². The maximum atomic E-state index is 13.1. The van der Waals surface area contributed by atoms with Crippen LogP contribution in [0, 0.1) is 6.92 Å². The number of fused-ring (bicyclic) bond motifs is 1. The first-order valence-corrected chi connectivity index (χ1v) is 12.0. The molecule has 1 fully saturated rings. The van der Waals surface area contributed by atoms with Crippen LogP contribution in [0.15, 0.2) is 70.2 Å². The van der Waals surface area contributed by atoms with Gasteiger partial charge in [-0.1, -0.05) is 41.6 Å². The molecule has 8 nitrogen and oxygen atoms in total. The highest BCUT2D eigenvalue weighted by molar-refractivity contribution is 7.89. The molecule has 3 aromatic heterocycles. The van der Waals surface area contributed by atoms with Crippen LogP contribution in [0.25, 0.3) is 22.4 Å². The Hall–Kier alpha value is -3.30. The average Bonchev–Trinajstić information content (AvgIpc) is 3.23. The van der Waals surface area contributed by atoms with Crippen LogP contribution in [0.3, 0.4) is 0 Å². The van der Waals surface area contributed by atoms with Crippen molar-refractivity contribution < 1.29 is 12.9 Å². The molecule has 1 saturated heterocycles. The van der Waals surface area contributed by atoms with E-state index in [-0.39, 0.29) is 10.9 Å². The van der Waals surface area contributed by atoms with Crippen LogP contribution in [0.4, 0.5) is 5.82 Å². The number of nitrogens with zero attached hydrogens (tertiary/aromatic N) is 4. The summed E-state index contributed by atoms with van der Waals surface area (Å²) >= 11 is 0. The molecule has 0 radical (unpaired) electrons. The molecule has 1 aliphatic rings. The minimum atomic E-state index is -3.73. The number of rotatable bonds is 5. The number of aryl methyl sites for hydroxylation is 1. The van der Waals surface area contributed by atoms with Crippen molar-refractivity contribution in [2.45, 2.75) is 30.7 Å². The number of pyridine rings is 2. The lowest BCUT2D eigenvalue weighted by molar-refractivity contribution is 0.451. The summed E-state index contributed by atoms with van der Waals surface area (Å²) in [5.41, 5.74) is 2.69. The van der Waals surface area contributed by atoms with Gasteiger partial charge in [0.2, 0.25) is 10.0 Å². The van der Waals surface area contributed by atoms with Gasteiger partial charge in [0.1, 0.15) is 16.4 Å². The highest BCUT2D eigenvalue weighted by Crippen LogP contribution is 2.28. The van der Waals surface area contributed by atoms with Crippen LogP contribution < -0.4 is 9.62 Å². The lowest BCUT2D eigenvalue weighted by atomic mass is 10.1. The summed E-state index contributed by atoms with van der Waals surface area (Å²) in [4.78, 5) is 11.0. The number of piperidine rings is 1. The molecule has 9 heteroatoms. The minimum absolute atomic E-state index is 0.105. The predicted octanol–water partition coefficient (Wildman–Crippen LogP) is 3.54. The van der Waals surface area contributed by atoms with Crippen molar-refractivity contribution in [3.63, 3.8) is 0 Å². The molecule has 1 N–H and O–H groups in total. The molecule has 1 aliphatic heterocycles. The van der Waals surface area contributed by atoms with Gasteiger partial charge in [0.25, 0.3) is 5.71 Å². The monoisotopic (exact) mass is 449 g/mol. The zero-order chi connectivity index (χ0) is 22.1. The van der Waals surface area contributed by atoms with E-state index in [1.165, 1.54) is 6.20 Å². The Morgan fingerprint density at radius 1 is 1.06 bits per heavy atom. The molecule has 32 heavy (non-hydrogen) atoms. The van der Waals surface area contributed by atoms with E-state index >= 15 is 0 Å². The Morgan fingerprint density at radius 3 is 2.59 bits per heavy atom. The first kappa shape index (κ1) is 20.6. The molecule has 1 aromatic carbocycles. The van der Waals surface area contributed by atoms with Gasteiger partial charge in [-0.3, -0.25) is 0 Å². The first-order chi connectivity index (χ1) is 15.5. The highest BCUT2D eigenvalue weighted by atomic mass is 32.2. The van der Waals surface area contributed by atoms with Gasteiger partial charge in [-0.15, -0.1) is 0 Å². The van der Waals surface area contributed by atoms with E-state index < -0.39 is 10.0 Å². The third kappa shape index (κ3) is 4.09. The molecule has 0 aliphatic carbocycles. The topological polar surface area (TPSA) is 101 Å². The van der Waals surface area contributed by atoms with Gasteiger partial charge in [0.05, 0.1) is 11.6 Å². The number of hydrogen-bond donors (Lipinski definition) is 1. The lowest BCUT2D eigenvalue weighted by Crippen LogP contribution is -2.44. The van der Waals surface area contributed by atoms with Crippen LogP contribution in [0.5, 0.6) is 0 Å². The van der Waals surface area contributed by atoms with Crippen molar-refractivity contribution in [3.05, 3.63) is 66.5 Å². The third-order valence-electron chi connectivity index (χ3n) is 5.68. The highest BCUT2D eigenvalue weighted by Gasteiger charge is 2.26. The SMILES string of the molecule is Cc1cccc(N2CCC(NS(=O)(=O)c3cnc4onc(-c5ccccc5)c4c3)CC2)n1. The Labute approximate surface area is 186 Å². The summed E-state index contributed by atoms with van der Waals surface area (Å²) in [6.45, 7) is 3.45. The fraction of sp³-hybridized carbons (Fsp3) is 0.261. The van der Waals surface area contributed by atoms with Crippen LogP contribution in [0.2, 0.25) is 0 Å². The summed E-state index contributed by atoms with van der Waals surface area (Å²) in [7, 11) is -3.73. The van der Waals surface area contributed by atoms with Crippen molar-refractivity contribution in [2.75, 3.05) is 18.0 Å². The van der Waals surface area contributed by atoms with Crippen molar-refractivity contribution in [2.24, 2.45) is 0 Å². The van der Waals surface area contributed by atoms with Crippen LogP contribution >= 0.6 is 0 Å². The zero-order valence-electron chi connectivity index (χ0n) is 17.6. The predicted molar refractivity (Wildman–Crippen MR) is 122 cm³/mol. The summed E-state index contributed by atoms with van der Waals surface area (Å²) < 4.78 is 34.3. The lowest BCUT2D eigenvalue weighted by Gasteiger charge is -2.33. The van der Waals surface area contributed by atoms with E-state index in [0.717, 1.165) is 30.2 Å². The maximum Gasteiger partial charge on any atom is 0.258 e. The number of nitrogens with one attached hydrogen (secondary N) is 1. The van der Waals surface area contributed by atoms with Gasteiger partial charge in [0.15, 0.2) is 0 Å². The molecule has 0 saturated carbocycles. The Kier molecular flexibility index (Phi) is 5.36. The molecule has 0 atom stereocenters. The molecule has 4 heterocycles. The fourth-order valence-corrected chi connectivity index (χ4v) is 5.26. The van der Waals surface area contributed by atoms with Gasteiger partial charge < -0.3 is 9.42 Å². The van der Waals surface area contributed by atoms with Crippen LogP contribution in [-0.4, -0.2) is 42.7 Å². The van der Waals surface area contributed by atoms with E-state index in [1.807, 2.05) is 55.5 Å². The Balaban J connectivity index is 1.33. The van der Waals surface area contributed by atoms with Crippen molar-refractivity contribution in [1.29, 1.82) is 0 Å². The summed E-state index contributed by atoms with van der Waals surface area (Å²) in [5.74, 6) is 0.932. The molecule has 5 rings (SSSR count). The van der Waals surface area contributed by atoms with Gasteiger partial charge in [-0.2, -0.15) is 0 Å². The van der Waals surface area contributed by atoms with Gasteiger partial charge in [-0.05, 0) is 38.0 Å². The van der Waals surface area contributed by atoms with Crippen LogP contribution in [0.1, 0.15) is 18.5 Å². The van der Waals surface area contributed by atoms with Crippen LogP contribution in [-0.2, 0) is 10.0 Å². The smallest absolute Gasteiger partial charge is 0.258 e. The van der Waals surface area contributed by atoms with Gasteiger partial charge >= 0.3 is 0 Å². The second kappa shape index (κ2) is 8.33. The average molecular weight is 450 g/mol. The quantitative estimate of drug-likeness (QED) is 0.497. The van der Waals surface area contributed by atoms with Crippen molar-refractivity contribution in [3.8, 4) is 11.3 Å². The van der Waals surface area contributed by atoms with Gasteiger partial charge in [-0.25, -0.2) is 23.1 Å². The molecule has 0 unspecified atom stereocenters. The number of aromatic nitrogens is 3. The van der Waals surface area contributed by atoms with Crippen molar-refractivity contribution >= 4 is 26.9 Å². The van der Waals surface area contributed by atoms with E-state index in [1.54, 1.807) is 6.07 Å². The van der Waals surface area contributed by atoms with Crippen molar-refractivity contribution in [1.82, 2.24) is 19.8 Å². The normalized spacial score (nSPS) is 15.3. The summed E-state index contributed by atoms with van der Waals surface area (Å²) in [6, 6.07) is 16.9. The Bertz CT molecular complexity index is 1350. The largest absolute Gasteiger partial charge is 0.356 e. The number of anilines is 1. The summed E-state index contributed by atoms with van der Waals surface area (Å²) in [6.07, 6.45) is 2.72. The van der Waals surface area contributed by atoms with Gasteiger partial charge in [0, 0.05) is 30.4 Å². The molecule has 0 bridgehead atoms. The van der Waals surface area contributed by atoms with E-state index in [0.29, 0.717) is 29.6 Å². The Morgan fingerprint density at radius 2 is 1.84 bits per heavy atom. The molecular formula is C23H23N5O3S. The second-order valence-corrected chi connectivity index (χ2v) is 9.65. The second-order valence-electron chi connectivity index (χ2n) is 7.94. The minimum Gasteiger partial charge on any atom is -0.356 e. The van der Waals surface area contributed by atoms with E-state index in [9.17, 15) is 8.42 Å². The first-order valence-electron chi connectivity index (χ1n) is 10.5. The maximum absolute atomic E-state index is 13.1. The third-order valence-corrected chi connectivity index (χ3v) is 7.16. The molecule has 0 amide bonds. The standard InChI is InChI=1S/C23H23N5O3S/c1-16-6-5-9-21(25-16)28-12-10-18(11-13-28)27-32(29,30)19-14-20-22(17-7-3-2-4-8-17)26-31-23(20)24-15-19/h2-9,14-15,18,27H,10-13H2,1H3. The summed E-state index contributed by atoms with van der Waals surface area (Å²) in [5, 5.41) is 4.65. The fourth-order valence-electron chi connectivity index (χ4n) is 3.98. The molecule has 0 spiro atoms. The number of hydrogen-bond acceptors (Lipinski definition) is 7. The number of benzene rings is 1.